The van der Waals surface area contributed by atoms with Gasteiger partial charge in [-0.15, -0.1) is 11.3 Å². The highest BCUT2D eigenvalue weighted by Crippen LogP contribution is 2.33. The monoisotopic (exact) mass is 300 g/mol. The summed E-state index contributed by atoms with van der Waals surface area (Å²) in [5.41, 5.74) is 0.952. The smallest absolute Gasteiger partial charge is 0.266 e. The van der Waals surface area contributed by atoms with Crippen LogP contribution >= 0.6 is 11.3 Å². The minimum Gasteiger partial charge on any atom is -0.486 e. The Morgan fingerprint density at radius 3 is 2.86 bits per heavy atom. The van der Waals surface area contributed by atoms with Crippen molar-refractivity contribution in [3.05, 3.63) is 45.9 Å². The molecule has 2 heterocycles. The van der Waals surface area contributed by atoms with Crippen LogP contribution in [0.5, 0.6) is 5.75 Å². The lowest BCUT2D eigenvalue weighted by Gasteiger charge is -2.25. The van der Waals surface area contributed by atoms with E-state index in [4.69, 9.17) is 4.74 Å². The molecule has 0 spiro atoms. The summed E-state index contributed by atoms with van der Waals surface area (Å²) >= 11 is 1.48. The third kappa shape index (κ3) is 2.53. The Kier molecular flexibility index (Phi) is 3.15. The summed E-state index contributed by atoms with van der Waals surface area (Å²) in [5, 5.41) is 0.884. The first-order valence-electron chi connectivity index (χ1n) is 7.28. The van der Waals surface area contributed by atoms with Crippen molar-refractivity contribution in [2.45, 2.75) is 31.9 Å². The molecule has 1 aliphatic carbocycles. The van der Waals surface area contributed by atoms with Gasteiger partial charge in [-0.3, -0.25) is 4.79 Å². The van der Waals surface area contributed by atoms with E-state index in [1.54, 1.807) is 0 Å². The van der Waals surface area contributed by atoms with Gasteiger partial charge in [-0.05, 0) is 25.0 Å². The van der Waals surface area contributed by atoms with Crippen LogP contribution in [0.2, 0.25) is 0 Å². The van der Waals surface area contributed by atoms with Gasteiger partial charge in [-0.1, -0.05) is 18.2 Å². The molecule has 0 N–H and O–H groups in total. The van der Waals surface area contributed by atoms with E-state index < -0.39 is 0 Å². The van der Waals surface area contributed by atoms with Crippen molar-refractivity contribution in [3.63, 3.8) is 0 Å². The number of nitrogens with zero attached hydrogens (tertiary/aromatic N) is 2. The van der Waals surface area contributed by atoms with Crippen molar-refractivity contribution in [1.82, 2.24) is 9.88 Å². The number of aromatic nitrogens is 1. The van der Waals surface area contributed by atoms with Crippen molar-refractivity contribution in [2.75, 3.05) is 6.54 Å². The fourth-order valence-corrected chi connectivity index (χ4v) is 3.63. The van der Waals surface area contributed by atoms with Gasteiger partial charge >= 0.3 is 0 Å². The molecule has 0 radical (unpaired) electrons. The molecule has 0 atom stereocenters. The number of hydrogen-bond acceptors (Lipinski definition) is 4. The highest BCUT2D eigenvalue weighted by molar-refractivity contribution is 7.13. The number of benzene rings is 1. The summed E-state index contributed by atoms with van der Waals surface area (Å²) in [7, 11) is 0. The van der Waals surface area contributed by atoms with E-state index in [0.29, 0.717) is 12.6 Å². The highest BCUT2D eigenvalue weighted by Gasteiger charge is 2.37. The average Bonchev–Trinajstić information content (AvgIpc) is 3.26. The molecule has 0 unspecified atom stereocenters. The van der Waals surface area contributed by atoms with E-state index >= 15 is 0 Å². The quantitative estimate of drug-likeness (QED) is 0.872. The van der Waals surface area contributed by atoms with E-state index in [-0.39, 0.29) is 5.91 Å². The van der Waals surface area contributed by atoms with Crippen LogP contribution in [-0.2, 0) is 13.0 Å². The Morgan fingerprint density at radius 1 is 1.29 bits per heavy atom. The zero-order valence-corrected chi connectivity index (χ0v) is 12.4. The van der Waals surface area contributed by atoms with Gasteiger partial charge in [0.2, 0.25) is 0 Å². The van der Waals surface area contributed by atoms with Crippen LogP contribution in [0, 0.1) is 0 Å². The number of carbonyl (C=O) groups is 1. The number of hydrogen-bond donors (Lipinski definition) is 0. The van der Waals surface area contributed by atoms with Gasteiger partial charge < -0.3 is 9.64 Å². The van der Waals surface area contributed by atoms with E-state index in [1.807, 2.05) is 35.2 Å². The maximum Gasteiger partial charge on any atom is 0.266 e. The first kappa shape index (κ1) is 12.8. The van der Waals surface area contributed by atoms with Gasteiger partial charge in [0.1, 0.15) is 22.2 Å². The summed E-state index contributed by atoms with van der Waals surface area (Å²) < 4.78 is 5.71. The standard InChI is InChI=1S/C16H16N2O2S/c19-16-15-13(8-9-18(16)11-6-7-11)17-14(21-15)10-20-12-4-2-1-3-5-12/h1-5,11H,6-10H2. The third-order valence-electron chi connectivity index (χ3n) is 3.88. The number of fused-ring (bicyclic) bond motifs is 1. The predicted molar refractivity (Wildman–Crippen MR) is 80.7 cm³/mol. The van der Waals surface area contributed by atoms with Crippen LogP contribution in [0.1, 0.15) is 33.2 Å². The van der Waals surface area contributed by atoms with E-state index in [0.717, 1.165) is 47.1 Å². The number of amides is 1. The van der Waals surface area contributed by atoms with Gasteiger partial charge in [0.25, 0.3) is 5.91 Å². The van der Waals surface area contributed by atoms with Gasteiger partial charge in [0, 0.05) is 19.0 Å². The Labute approximate surface area is 127 Å². The minimum atomic E-state index is 0.169. The van der Waals surface area contributed by atoms with E-state index in [1.165, 1.54) is 11.3 Å². The molecule has 4 nitrogen and oxygen atoms in total. The number of ether oxygens (including phenoxy) is 1. The molecule has 108 valence electrons. The zero-order chi connectivity index (χ0) is 14.2. The summed E-state index contributed by atoms with van der Waals surface area (Å²) in [6, 6.07) is 10.2. The normalized spacial score (nSPS) is 17.7. The van der Waals surface area contributed by atoms with Crippen LogP contribution in [0.15, 0.2) is 30.3 Å². The van der Waals surface area contributed by atoms with Crippen LogP contribution in [-0.4, -0.2) is 28.4 Å². The maximum absolute atomic E-state index is 12.4. The molecular formula is C16H16N2O2S. The molecule has 1 aliphatic heterocycles. The molecule has 4 rings (SSSR count). The van der Waals surface area contributed by atoms with Crippen LogP contribution in [0.3, 0.4) is 0 Å². The summed E-state index contributed by atoms with van der Waals surface area (Å²) in [6.07, 6.45) is 3.19. The second-order valence-electron chi connectivity index (χ2n) is 5.46. The maximum atomic E-state index is 12.4. The summed E-state index contributed by atoms with van der Waals surface area (Å²) in [6.45, 7) is 1.25. The lowest BCUT2D eigenvalue weighted by Crippen LogP contribution is -2.38. The van der Waals surface area contributed by atoms with Gasteiger partial charge in [-0.2, -0.15) is 0 Å². The molecular weight excluding hydrogens is 284 g/mol. The Bertz CT molecular complexity index is 664. The molecule has 2 aromatic rings. The molecule has 1 saturated carbocycles. The first-order valence-corrected chi connectivity index (χ1v) is 8.10. The average molecular weight is 300 g/mol. The number of rotatable bonds is 4. The van der Waals surface area contributed by atoms with Gasteiger partial charge in [0.05, 0.1) is 5.69 Å². The number of thiazole rings is 1. The predicted octanol–water partition coefficient (Wildman–Crippen LogP) is 2.88. The van der Waals surface area contributed by atoms with Crippen LogP contribution in [0.4, 0.5) is 0 Å². The largest absolute Gasteiger partial charge is 0.486 e. The molecule has 0 bridgehead atoms. The highest BCUT2D eigenvalue weighted by atomic mass is 32.1. The van der Waals surface area contributed by atoms with E-state index in [9.17, 15) is 4.79 Å². The van der Waals surface area contributed by atoms with Crippen molar-refractivity contribution < 1.29 is 9.53 Å². The fraction of sp³-hybridized carbons (Fsp3) is 0.375. The second kappa shape index (κ2) is 5.15. The second-order valence-corrected chi connectivity index (χ2v) is 6.55. The lowest BCUT2D eigenvalue weighted by molar-refractivity contribution is 0.0731. The number of para-hydroxylation sites is 1. The summed E-state index contributed by atoms with van der Waals surface area (Å²) in [5.74, 6) is 0.999. The fourth-order valence-electron chi connectivity index (χ4n) is 2.65. The summed E-state index contributed by atoms with van der Waals surface area (Å²) in [4.78, 5) is 19.9. The topological polar surface area (TPSA) is 42.4 Å². The van der Waals surface area contributed by atoms with Crippen molar-refractivity contribution in [3.8, 4) is 5.75 Å². The third-order valence-corrected chi connectivity index (χ3v) is 4.94. The van der Waals surface area contributed by atoms with E-state index in [2.05, 4.69) is 4.98 Å². The van der Waals surface area contributed by atoms with Crippen LogP contribution in [0.25, 0.3) is 0 Å². The lowest BCUT2D eigenvalue weighted by atomic mass is 10.1. The van der Waals surface area contributed by atoms with Gasteiger partial charge in [-0.25, -0.2) is 4.98 Å². The molecule has 5 heteroatoms. The first-order chi connectivity index (χ1) is 10.3. The Balaban J connectivity index is 1.49. The molecule has 0 saturated heterocycles. The number of carbonyl (C=O) groups excluding carboxylic acids is 1. The molecule has 2 aliphatic rings. The Morgan fingerprint density at radius 2 is 2.10 bits per heavy atom. The van der Waals surface area contributed by atoms with Crippen LogP contribution < -0.4 is 4.74 Å². The zero-order valence-electron chi connectivity index (χ0n) is 11.6. The van der Waals surface area contributed by atoms with Crippen molar-refractivity contribution in [1.29, 1.82) is 0 Å². The minimum absolute atomic E-state index is 0.169. The molecule has 1 aromatic heterocycles. The van der Waals surface area contributed by atoms with Gasteiger partial charge in [0.15, 0.2) is 0 Å². The van der Waals surface area contributed by atoms with Crippen molar-refractivity contribution in [2.24, 2.45) is 0 Å². The molecule has 1 fully saturated rings. The molecule has 1 aromatic carbocycles. The molecule has 1 amide bonds. The van der Waals surface area contributed by atoms with Crippen molar-refractivity contribution >= 4 is 17.2 Å². The molecule has 21 heavy (non-hydrogen) atoms. The SMILES string of the molecule is O=C1c2sc(COc3ccccc3)nc2CCN1C1CC1. The Hall–Kier alpha value is -1.88.